The van der Waals surface area contributed by atoms with E-state index in [4.69, 9.17) is 14.6 Å². The molecule has 2 rings (SSSR count). The lowest BCUT2D eigenvalue weighted by molar-refractivity contribution is -0.152. The van der Waals surface area contributed by atoms with Gasteiger partial charge in [0, 0.05) is 11.4 Å². The molecule has 0 unspecified atom stereocenters. The summed E-state index contributed by atoms with van der Waals surface area (Å²) in [7, 11) is 1.57. The van der Waals surface area contributed by atoms with Gasteiger partial charge in [-0.15, -0.1) is 0 Å². The van der Waals surface area contributed by atoms with Gasteiger partial charge in [0.1, 0.15) is 11.5 Å². The number of hydrogen-bond donors (Lipinski definition) is 3. The summed E-state index contributed by atoms with van der Waals surface area (Å²) in [4.78, 5) is 23.0. The minimum atomic E-state index is -1.33. The van der Waals surface area contributed by atoms with E-state index in [1.807, 2.05) is 0 Å². The zero-order chi connectivity index (χ0) is 18.4. The molecule has 3 N–H and O–H groups in total. The first-order chi connectivity index (χ1) is 11.8. The van der Waals surface area contributed by atoms with Crippen molar-refractivity contribution in [3.05, 3.63) is 48.5 Å². The van der Waals surface area contributed by atoms with Gasteiger partial charge in [0.05, 0.1) is 7.11 Å². The highest BCUT2D eigenvalue weighted by Gasteiger charge is 2.29. The van der Waals surface area contributed by atoms with Gasteiger partial charge in [0.15, 0.2) is 5.60 Å². The minimum absolute atomic E-state index is 0.397. The zero-order valence-electron chi connectivity index (χ0n) is 14.2. The lowest BCUT2D eigenvalue weighted by Crippen LogP contribution is -2.37. The van der Waals surface area contributed by atoms with Crippen molar-refractivity contribution in [3.63, 3.8) is 0 Å². The molecule has 0 atom stereocenters. The molecule has 0 heterocycles. The van der Waals surface area contributed by atoms with E-state index in [9.17, 15) is 9.59 Å². The quantitative estimate of drug-likeness (QED) is 0.744. The molecule has 0 aliphatic rings. The van der Waals surface area contributed by atoms with Gasteiger partial charge in [0.2, 0.25) is 0 Å². The van der Waals surface area contributed by atoms with Gasteiger partial charge in [-0.05, 0) is 62.4 Å². The average molecular weight is 344 g/mol. The molecule has 7 nitrogen and oxygen atoms in total. The van der Waals surface area contributed by atoms with E-state index in [1.54, 1.807) is 55.6 Å². The maximum Gasteiger partial charge on any atom is 0.347 e. The molecule has 2 amide bonds. The lowest BCUT2D eigenvalue weighted by Gasteiger charge is -2.21. The average Bonchev–Trinajstić information content (AvgIpc) is 2.57. The second-order valence-corrected chi connectivity index (χ2v) is 5.75. The normalized spacial score (nSPS) is 10.7. The third-order valence-corrected chi connectivity index (χ3v) is 3.35. The fraction of sp³-hybridized carbons (Fsp3) is 0.222. The van der Waals surface area contributed by atoms with E-state index in [0.717, 1.165) is 0 Å². The number of carbonyl (C=O) groups excluding carboxylic acids is 1. The van der Waals surface area contributed by atoms with Crippen molar-refractivity contribution >= 4 is 23.4 Å². The van der Waals surface area contributed by atoms with Crippen LogP contribution in [-0.2, 0) is 4.79 Å². The van der Waals surface area contributed by atoms with E-state index in [-0.39, 0.29) is 0 Å². The number of benzene rings is 2. The molecule has 7 heteroatoms. The predicted octanol–water partition coefficient (Wildman–Crippen LogP) is 3.58. The van der Waals surface area contributed by atoms with E-state index < -0.39 is 17.6 Å². The van der Waals surface area contributed by atoms with E-state index in [0.29, 0.717) is 22.9 Å². The smallest absolute Gasteiger partial charge is 0.347 e. The van der Waals surface area contributed by atoms with E-state index in [2.05, 4.69) is 10.6 Å². The summed E-state index contributed by atoms with van der Waals surface area (Å²) >= 11 is 0. The summed E-state index contributed by atoms with van der Waals surface area (Å²) < 4.78 is 10.5. The molecule has 0 aromatic heterocycles. The number of urea groups is 1. The number of anilines is 2. The second kappa shape index (κ2) is 7.57. The van der Waals surface area contributed by atoms with Crippen molar-refractivity contribution < 1.29 is 24.2 Å². The van der Waals surface area contributed by atoms with Crippen LogP contribution in [0.2, 0.25) is 0 Å². The van der Waals surface area contributed by atoms with Crippen LogP contribution in [-0.4, -0.2) is 29.8 Å². The Morgan fingerprint density at radius 3 is 1.72 bits per heavy atom. The van der Waals surface area contributed by atoms with Crippen LogP contribution in [0.15, 0.2) is 48.5 Å². The number of ether oxygens (including phenoxy) is 2. The minimum Gasteiger partial charge on any atom is -0.497 e. The number of nitrogens with one attached hydrogen (secondary N) is 2. The molecular weight excluding hydrogens is 324 g/mol. The van der Waals surface area contributed by atoms with Gasteiger partial charge in [-0.3, -0.25) is 0 Å². The van der Waals surface area contributed by atoms with Gasteiger partial charge < -0.3 is 25.2 Å². The fourth-order valence-corrected chi connectivity index (χ4v) is 1.91. The molecule has 2 aromatic rings. The maximum absolute atomic E-state index is 12.0. The summed E-state index contributed by atoms with van der Waals surface area (Å²) in [6.07, 6.45) is 0. The molecular formula is C18H20N2O5. The SMILES string of the molecule is COc1ccc(NC(=O)Nc2ccc(OC(C)(C)C(=O)O)cc2)cc1. The highest BCUT2D eigenvalue weighted by atomic mass is 16.5. The topological polar surface area (TPSA) is 96.9 Å². The van der Waals surface area contributed by atoms with Gasteiger partial charge in [-0.2, -0.15) is 0 Å². The van der Waals surface area contributed by atoms with Crippen molar-refractivity contribution in [2.45, 2.75) is 19.4 Å². The number of rotatable bonds is 6. The van der Waals surface area contributed by atoms with Crippen LogP contribution >= 0.6 is 0 Å². The Bertz CT molecular complexity index is 739. The Morgan fingerprint density at radius 1 is 0.880 bits per heavy atom. The Balaban J connectivity index is 1.93. The van der Waals surface area contributed by atoms with Crippen molar-refractivity contribution in [2.75, 3.05) is 17.7 Å². The number of methoxy groups -OCH3 is 1. The molecule has 25 heavy (non-hydrogen) atoms. The summed E-state index contributed by atoms with van der Waals surface area (Å²) in [6.45, 7) is 2.92. The van der Waals surface area contributed by atoms with Crippen molar-refractivity contribution in [1.29, 1.82) is 0 Å². The number of carboxylic acids is 1. The Kier molecular flexibility index (Phi) is 5.49. The Hall–Kier alpha value is -3.22. The van der Waals surface area contributed by atoms with E-state index >= 15 is 0 Å². The summed E-state index contributed by atoms with van der Waals surface area (Å²) in [5.74, 6) is 0.0351. The maximum atomic E-state index is 12.0. The Labute approximate surface area is 145 Å². The molecule has 132 valence electrons. The molecule has 0 saturated heterocycles. The number of carbonyl (C=O) groups is 2. The summed E-state index contributed by atoms with van der Waals surface area (Å²) in [5, 5.41) is 14.4. The third kappa shape index (κ3) is 5.13. The van der Waals surface area contributed by atoms with Gasteiger partial charge in [0.25, 0.3) is 0 Å². The van der Waals surface area contributed by atoms with Crippen LogP contribution in [0.25, 0.3) is 0 Å². The van der Waals surface area contributed by atoms with Gasteiger partial charge in [-0.25, -0.2) is 9.59 Å². The largest absolute Gasteiger partial charge is 0.497 e. The summed E-state index contributed by atoms with van der Waals surface area (Å²) in [6, 6.07) is 13.0. The summed E-state index contributed by atoms with van der Waals surface area (Å²) in [5.41, 5.74) is -0.159. The molecule has 2 aromatic carbocycles. The van der Waals surface area contributed by atoms with Crippen LogP contribution in [0.1, 0.15) is 13.8 Å². The lowest BCUT2D eigenvalue weighted by atomic mass is 10.1. The number of aliphatic carboxylic acids is 1. The first-order valence-electron chi connectivity index (χ1n) is 7.55. The first-order valence-corrected chi connectivity index (χ1v) is 7.55. The molecule has 0 radical (unpaired) electrons. The molecule has 0 fully saturated rings. The standard InChI is InChI=1S/C18H20N2O5/c1-18(2,16(21)22)25-15-10-6-13(7-11-15)20-17(23)19-12-4-8-14(24-3)9-5-12/h4-11H,1-3H3,(H,21,22)(H2,19,20,23). The van der Waals surface area contributed by atoms with Crippen molar-refractivity contribution in [1.82, 2.24) is 0 Å². The molecule has 0 bridgehead atoms. The molecule has 0 spiro atoms. The second-order valence-electron chi connectivity index (χ2n) is 5.75. The van der Waals surface area contributed by atoms with Gasteiger partial charge >= 0.3 is 12.0 Å². The number of hydrogen-bond acceptors (Lipinski definition) is 4. The zero-order valence-corrected chi connectivity index (χ0v) is 14.2. The van der Waals surface area contributed by atoms with Crippen molar-refractivity contribution in [2.24, 2.45) is 0 Å². The number of carboxylic acid groups (broad SMARTS) is 1. The van der Waals surface area contributed by atoms with Gasteiger partial charge in [-0.1, -0.05) is 0 Å². The fourth-order valence-electron chi connectivity index (χ4n) is 1.91. The van der Waals surface area contributed by atoms with Crippen LogP contribution in [0.5, 0.6) is 11.5 Å². The van der Waals surface area contributed by atoms with Crippen molar-refractivity contribution in [3.8, 4) is 11.5 Å². The molecule has 0 aliphatic carbocycles. The molecule has 0 aliphatic heterocycles. The van der Waals surface area contributed by atoms with Crippen LogP contribution in [0, 0.1) is 0 Å². The number of amides is 2. The molecule has 0 saturated carbocycles. The highest BCUT2D eigenvalue weighted by molar-refractivity contribution is 5.99. The van der Waals surface area contributed by atoms with E-state index in [1.165, 1.54) is 13.8 Å². The highest BCUT2D eigenvalue weighted by Crippen LogP contribution is 2.21. The monoisotopic (exact) mass is 344 g/mol. The third-order valence-electron chi connectivity index (χ3n) is 3.35. The van der Waals surface area contributed by atoms with Crippen LogP contribution in [0.3, 0.4) is 0 Å². The van der Waals surface area contributed by atoms with Crippen LogP contribution < -0.4 is 20.1 Å². The Morgan fingerprint density at radius 2 is 1.32 bits per heavy atom. The first kappa shape index (κ1) is 18.1. The predicted molar refractivity (Wildman–Crippen MR) is 94.4 cm³/mol. The van der Waals surface area contributed by atoms with Crippen LogP contribution in [0.4, 0.5) is 16.2 Å².